The molecule has 0 fully saturated rings. The first-order valence-corrected chi connectivity index (χ1v) is 20.3. The molecule has 9 aromatic rings. The van der Waals surface area contributed by atoms with Crippen molar-refractivity contribution < 1.29 is 0 Å². The van der Waals surface area contributed by atoms with Gasteiger partial charge in [0.05, 0.1) is 0 Å². The maximum absolute atomic E-state index is 2.44. The fourth-order valence-corrected chi connectivity index (χ4v) is 8.75. The van der Waals surface area contributed by atoms with Crippen molar-refractivity contribution in [1.82, 2.24) is 0 Å². The van der Waals surface area contributed by atoms with Gasteiger partial charge in [-0.25, -0.2) is 0 Å². The molecular weight excluding hydrogens is 701 g/mol. The summed E-state index contributed by atoms with van der Waals surface area (Å²) in [5.74, 6) is 0. The second-order valence-corrected chi connectivity index (χ2v) is 15.5. The van der Waals surface area contributed by atoms with Crippen LogP contribution in [0.2, 0.25) is 0 Å². The number of hydrogen-bond acceptors (Lipinski definition) is 2. The van der Waals surface area contributed by atoms with Crippen LogP contribution < -0.4 is 9.80 Å². The molecule has 1 aliphatic rings. The first-order valence-electron chi connectivity index (χ1n) is 20.3. The molecule has 0 unspecified atom stereocenters. The minimum Gasteiger partial charge on any atom is -0.310 e. The summed E-state index contributed by atoms with van der Waals surface area (Å²) in [4.78, 5) is 4.78. The second kappa shape index (κ2) is 15.1. The quantitative estimate of drug-likeness (QED) is 0.143. The monoisotopic (exact) mass is 744 g/mol. The second-order valence-electron chi connectivity index (χ2n) is 15.5. The lowest BCUT2D eigenvalue weighted by Crippen LogP contribution is -2.10. The van der Waals surface area contributed by atoms with Crippen molar-refractivity contribution in [2.75, 3.05) is 9.80 Å². The van der Waals surface area contributed by atoms with E-state index in [9.17, 15) is 0 Å². The maximum Gasteiger partial charge on any atom is 0.0468 e. The van der Waals surface area contributed by atoms with E-state index in [1.165, 1.54) is 65.7 Å². The van der Waals surface area contributed by atoms with E-state index in [1.807, 2.05) is 0 Å². The smallest absolute Gasteiger partial charge is 0.0468 e. The molecule has 0 N–H and O–H groups in total. The van der Waals surface area contributed by atoms with E-state index in [1.54, 1.807) is 0 Å². The molecule has 0 radical (unpaired) electrons. The molecule has 0 aliphatic heterocycles. The highest BCUT2D eigenvalue weighted by Gasteiger charge is 2.23. The van der Waals surface area contributed by atoms with Crippen LogP contribution in [0, 0.1) is 6.92 Å². The summed E-state index contributed by atoms with van der Waals surface area (Å²) in [5, 5.41) is 7.47. The minimum absolute atomic E-state index is 0.997. The van der Waals surface area contributed by atoms with Crippen molar-refractivity contribution >= 4 is 72.0 Å². The largest absolute Gasteiger partial charge is 0.310 e. The van der Waals surface area contributed by atoms with Crippen molar-refractivity contribution in [3.8, 4) is 11.1 Å². The zero-order chi connectivity index (χ0) is 39.0. The van der Waals surface area contributed by atoms with Gasteiger partial charge < -0.3 is 9.80 Å². The Kier molecular flexibility index (Phi) is 9.16. The van der Waals surface area contributed by atoms with E-state index >= 15 is 0 Å². The summed E-state index contributed by atoms with van der Waals surface area (Å²) in [7, 11) is 0. The lowest BCUT2D eigenvalue weighted by Gasteiger charge is -2.28. The first-order chi connectivity index (χ1) is 28.6. The number of benzene rings is 9. The van der Waals surface area contributed by atoms with Gasteiger partial charge in [-0.2, -0.15) is 0 Å². The molecule has 0 amide bonds. The Morgan fingerprint density at radius 1 is 0.345 bits per heavy atom. The summed E-state index contributed by atoms with van der Waals surface area (Å²) in [6.45, 7) is 4.42. The van der Waals surface area contributed by atoms with Crippen molar-refractivity contribution in [3.05, 3.63) is 223 Å². The normalized spacial score (nSPS) is 12.7. The van der Waals surface area contributed by atoms with Crippen LogP contribution in [0.4, 0.5) is 34.1 Å². The molecule has 9 aromatic carbocycles. The van der Waals surface area contributed by atoms with Crippen LogP contribution >= 0.6 is 0 Å². The number of hydrogen-bond donors (Lipinski definition) is 0. The molecule has 0 spiro atoms. The third-order valence-corrected chi connectivity index (χ3v) is 11.7. The minimum atomic E-state index is 0.997. The summed E-state index contributed by atoms with van der Waals surface area (Å²) in [6.07, 6.45) is 6.74. The zero-order valence-corrected chi connectivity index (χ0v) is 32.9. The molecular formula is C56H44N2. The number of aryl methyl sites for hydroxylation is 1. The Bertz CT molecular complexity index is 2960. The van der Waals surface area contributed by atoms with Gasteiger partial charge in [-0.3, -0.25) is 0 Å². The van der Waals surface area contributed by atoms with Gasteiger partial charge in [0.2, 0.25) is 0 Å². The molecule has 0 heterocycles. The van der Waals surface area contributed by atoms with Gasteiger partial charge in [0, 0.05) is 34.1 Å². The predicted molar refractivity (Wildman–Crippen MR) is 249 cm³/mol. The Balaban J connectivity index is 1.28. The summed E-state index contributed by atoms with van der Waals surface area (Å²) < 4.78 is 0. The number of para-hydroxylation sites is 3. The molecule has 0 bridgehead atoms. The van der Waals surface area contributed by atoms with Crippen LogP contribution in [-0.4, -0.2) is 0 Å². The average molecular weight is 745 g/mol. The average Bonchev–Trinajstić information content (AvgIpc) is 3.28. The summed E-state index contributed by atoms with van der Waals surface area (Å²) in [5.41, 5.74) is 14.6. The molecule has 2 nitrogen and oxygen atoms in total. The lowest BCUT2D eigenvalue weighted by atomic mass is 9.82. The van der Waals surface area contributed by atoms with Gasteiger partial charge in [-0.05, 0) is 154 Å². The molecule has 10 rings (SSSR count). The van der Waals surface area contributed by atoms with E-state index in [2.05, 4.69) is 230 Å². The Hall–Kier alpha value is -7.16. The van der Waals surface area contributed by atoms with E-state index in [-0.39, 0.29) is 0 Å². The Morgan fingerprint density at radius 3 is 1.40 bits per heavy atom. The fourth-order valence-electron chi connectivity index (χ4n) is 8.75. The standard InChI is InChI=1S/C56H44N2/c1-39-22-26-42(27-23-39)55-52-35-33-50(58(47-20-10-5-11-21-47)48-31-30-41-14-12-13-15-44(41)36-48)38-54(52)56(43-28-24-40(2)25-29-43)51-34-32-49(37-53(51)55)57(45-16-6-3-7-17-45)46-18-8-4-9-19-46/h3-22,24-26,28-38H,23,27H2,1-2H3. The number of anilines is 6. The number of allylic oxidation sites excluding steroid dienone is 4. The van der Waals surface area contributed by atoms with E-state index < -0.39 is 0 Å². The van der Waals surface area contributed by atoms with Crippen LogP contribution in [-0.2, 0) is 0 Å². The van der Waals surface area contributed by atoms with Crippen LogP contribution in [0.3, 0.4) is 0 Å². The highest BCUT2D eigenvalue weighted by molar-refractivity contribution is 6.20. The molecule has 278 valence electrons. The lowest BCUT2D eigenvalue weighted by molar-refractivity contribution is 0.979. The van der Waals surface area contributed by atoms with E-state index in [4.69, 9.17) is 0 Å². The molecule has 0 aromatic heterocycles. The van der Waals surface area contributed by atoms with Crippen molar-refractivity contribution in [1.29, 1.82) is 0 Å². The van der Waals surface area contributed by atoms with Gasteiger partial charge in [-0.15, -0.1) is 0 Å². The summed E-state index contributed by atoms with van der Waals surface area (Å²) >= 11 is 0. The maximum atomic E-state index is 2.44. The first kappa shape index (κ1) is 35.3. The fraction of sp³-hybridized carbons (Fsp3) is 0.0714. The predicted octanol–water partition coefficient (Wildman–Crippen LogP) is 16.2. The van der Waals surface area contributed by atoms with E-state index in [0.717, 1.165) is 47.0 Å². The Labute approximate surface area is 341 Å². The van der Waals surface area contributed by atoms with Crippen LogP contribution in [0.5, 0.6) is 0 Å². The third-order valence-electron chi connectivity index (χ3n) is 11.7. The molecule has 0 atom stereocenters. The number of fused-ring (bicyclic) bond motifs is 3. The highest BCUT2D eigenvalue weighted by Crippen LogP contribution is 2.48. The number of nitrogens with zero attached hydrogens (tertiary/aromatic N) is 2. The Morgan fingerprint density at radius 2 is 0.828 bits per heavy atom. The van der Waals surface area contributed by atoms with Crippen molar-refractivity contribution in [3.63, 3.8) is 0 Å². The number of rotatable bonds is 8. The van der Waals surface area contributed by atoms with Crippen molar-refractivity contribution in [2.24, 2.45) is 0 Å². The van der Waals surface area contributed by atoms with Gasteiger partial charge in [-0.1, -0.05) is 145 Å². The van der Waals surface area contributed by atoms with Gasteiger partial charge in [0.15, 0.2) is 0 Å². The SMILES string of the molecule is CC1=CC=C(c2c3cc(N(c4ccccc4)c4ccccc4)ccc3c(-c3ccc(C)cc3)c3cc(N(c4ccccc4)c4ccc5ccccc5c4)ccc23)CC1. The molecule has 0 saturated carbocycles. The van der Waals surface area contributed by atoms with Crippen LogP contribution in [0.15, 0.2) is 212 Å². The van der Waals surface area contributed by atoms with Gasteiger partial charge in [0.25, 0.3) is 0 Å². The third kappa shape index (κ3) is 6.53. The van der Waals surface area contributed by atoms with Gasteiger partial charge in [0.1, 0.15) is 0 Å². The molecule has 58 heavy (non-hydrogen) atoms. The highest BCUT2D eigenvalue weighted by atomic mass is 15.1. The molecule has 1 aliphatic carbocycles. The summed E-state index contributed by atoms with van der Waals surface area (Å²) in [6, 6.07) is 71.0. The molecule has 0 saturated heterocycles. The van der Waals surface area contributed by atoms with Gasteiger partial charge >= 0.3 is 0 Å². The van der Waals surface area contributed by atoms with Crippen molar-refractivity contribution in [2.45, 2.75) is 26.7 Å². The van der Waals surface area contributed by atoms with Crippen LogP contribution in [0.25, 0.3) is 49.0 Å². The topological polar surface area (TPSA) is 6.48 Å². The van der Waals surface area contributed by atoms with E-state index in [0.29, 0.717) is 0 Å². The molecule has 2 heteroatoms. The zero-order valence-electron chi connectivity index (χ0n) is 32.9. The van der Waals surface area contributed by atoms with Crippen LogP contribution in [0.1, 0.15) is 30.9 Å².